The second kappa shape index (κ2) is 5.72. The molecule has 0 unspecified atom stereocenters. The first kappa shape index (κ1) is 13.9. The maximum Gasteiger partial charge on any atom is 0.270 e. The van der Waals surface area contributed by atoms with Gasteiger partial charge < -0.3 is 4.90 Å². The van der Waals surface area contributed by atoms with E-state index in [0.717, 1.165) is 0 Å². The molecule has 0 radical (unpaired) electrons. The van der Waals surface area contributed by atoms with E-state index in [0.29, 0.717) is 29.9 Å². The van der Waals surface area contributed by atoms with Gasteiger partial charge in [-0.1, -0.05) is 0 Å². The molecule has 0 saturated heterocycles. The molecule has 1 aliphatic heterocycles. The summed E-state index contributed by atoms with van der Waals surface area (Å²) >= 11 is 0. The minimum atomic E-state index is -0.466. The van der Waals surface area contributed by atoms with Crippen molar-refractivity contribution in [2.75, 3.05) is 18.0 Å². The smallest absolute Gasteiger partial charge is 0.270 e. The van der Waals surface area contributed by atoms with Crippen LogP contribution in [0.5, 0.6) is 0 Å². The van der Waals surface area contributed by atoms with E-state index in [1.807, 2.05) is 0 Å². The number of hydrogen-bond donors (Lipinski definition) is 0. The van der Waals surface area contributed by atoms with E-state index in [1.165, 1.54) is 18.3 Å². The number of benzene rings is 1. The van der Waals surface area contributed by atoms with Gasteiger partial charge in [0.2, 0.25) is 0 Å². The number of hydrogen-bond acceptors (Lipinski definition) is 5. The normalized spacial score (nSPS) is 13.4. The Hall–Kier alpha value is -3.09. The van der Waals surface area contributed by atoms with Crippen LogP contribution in [0.4, 0.5) is 11.4 Å². The van der Waals surface area contributed by atoms with E-state index in [1.54, 1.807) is 35.5 Å². The number of aromatic nitrogens is 1. The minimum Gasteiger partial charge on any atom is -0.306 e. The molecule has 2 heterocycles. The van der Waals surface area contributed by atoms with Crippen LogP contribution in [-0.2, 0) is 0 Å². The standard InChI is InChI=1S/C15H12N4O3/c20-15(11-2-1-5-16-9-11)18-7-6-17-10-12-8-13(19(21)22)3-4-14(12)18/h1-5,8-10H,6-7H2. The molecule has 1 aromatic heterocycles. The van der Waals surface area contributed by atoms with Gasteiger partial charge in [0.1, 0.15) is 0 Å². The zero-order valence-electron chi connectivity index (χ0n) is 11.5. The first-order valence-electron chi connectivity index (χ1n) is 6.67. The van der Waals surface area contributed by atoms with E-state index < -0.39 is 4.92 Å². The van der Waals surface area contributed by atoms with Crippen molar-refractivity contribution >= 4 is 23.5 Å². The summed E-state index contributed by atoms with van der Waals surface area (Å²) in [6, 6.07) is 7.78. The fraction of sp³-hybridized carbons (Fsp3) is 0.133. The Balaban J connectivity index is 2.02. The van der Waals surface area contributed by atoms with E-state index in [9.17, 15) is 14.9 Å². The molecule has 0 saturated carbocycles. The highest BCUT2D eigenvalue weighted by molar-refractivity contribution is 6.08. The van der Waals surface area contributed by atoms with Crippen molar-refractivity contribution in [1.82, 2.24) is 4.98 Å². The number of amides is 1. The summed E-state index contributed by atoms with van der Waals surface area (Å²) in [4.78, 5) is 32.7. The van der Waals surface area contributed by atoms with E-state index >= 15 is 0 Å². The molecule has 0 N–H and O–H groups in total. The van der Waals surface area contributed by atoms with Crippen LogP contribution in [0.1, 0.15) is 15.9 Å². The maximum absolute atomic E-state index is 12.6. The Morgan fingerprint density at radius 1 is 1.32 bits per heavy atom. The highest BCUT2D eigenvalue weighted by Gasteiger charge is 2.22. The Kier molecular flexibility index (Phi) is 3.61. The fourth-order valence-corrected chi connectivity index (χ4v) is 2.30. The molecular formula is C15H12N4O3. The number of rotatable bonds is 2. The number of pyridine rings is 1. The van der Waals surface area contributed by atoms with Gasteiger partial charge in [0.05, 0.1) is 22.7 Å². The van der Waals surface area contributed by atoms with E-state index in [-0.39, 0.29) is 11.6 Å². The van der Waals surface area contributed by atoms with Gasteiger partial charge in [0.25, 0.3) is 11.6 Å². The lowest BCUT2D eigenvalue weighted by atomic mass is 10.1. The summed E-state index contributed by atoms with van der Waals surface area (Å²) in [5.41, 5.74) is 1.61. The molecule has 110 valence electrons. The van der Waals surface area contributed by atoms with Crippen LogP contribution in [0.3, 0.4) is 0 Å². The summed E-state index contributed by atoms with van der Waals surface area (Å²) in [7, 11) is 0. The lowest BCUT2D eigenvalue weighted by Crippen LogP contribution is -2.33. The van der Waals surface area contributed by atoms with Crippen LogP contribution in [0, 0.1) is 10.1 Å². The predicted octanol–water partition coefficient (Wildman–Crippen LogP) is 2.07. The molecule has 0 aliphatic carbocycles. The number of anilines is 1. The first-order chi connectivity index (χ1) is 10.7. The molecule has 0 bridgehead atoms. The second-order valence-electron chi connectivity index (χ2n) is 4.73. The predicted molar refractivity (Wildman–Crippen MR) is 81.5 cm³/mol. The van der Waals surface area contributed by atoms with Crippen molar-refractivity contribution in [3.8, 4) is 0 Å². The van der Waals surface area contributed by atoms with Gasteiger partial charge in [-0.15, -0.1) is 0 Å². The summed E-state index contributed by atoms with van der Waals surface area (Å²) in [5.74, 6) is -0.200. The molecule has 2 aromatic rings. The highest BCUT2D eigenvalue weighted by atomic mass is 16.6. The molecule has 1 amide bonds. The fourth-order valence-electron chi connectivity index (χ4n) is 2.30. The lowest BCUT2D eigenvalue weighted by molar-refractivity contribution is -0.384. The number of non-ortho nitro benzene ring substituents is 1. The van der Waals surface area contributed by atoms with Gasteiger partial charge in [0.15, 0.2) is 0 Å². The Morgan fingerprint density at radius 3 is 2.91 bits per heavy atom. The number of aliphatic imine (C=N–C) groups is 1. The molecule has 0 fully saturated rings. The topological polar surface area (TPSA) is 88.7 Å². The Bertz CT molecular complexity index is 759. The first-order valence-corrected chi connectivity index (χ1v) is 6.67. The molecule has 7 heteroatoms. The zero-order chi connectivity index (χ0) is 15.5. The van der Waals surface area contributed by atoms with Crippen molar-refractivity contribution in [3.63, 3.8) is 0 Å². The highest BCUT2D eigenvalue weighted by Crippen LogP contribution is 2.26. The van der Waals surface area contributed by atoms with Crippen molar-refractivity contribution in [3.05, 3.63) is 64.0 Å². The molecule has 1 aromatic carbocycles. The molecule has 0 atom stereocenters. The molecule has 3 rings (SSSR count). The number of carbonyl (C=O) groups excluding carboxylic acids is 1. The molecule has 7 nitrogen and oxygen atoms in total. The van der Waals surface area contributed by atoms with Gasteiger partial charge in [0, 0.05) is 42.8 Å². The van der Waals surface area contributed by atoms with Gasteiger partial charge in [-0.2, -0.15) is 0 Å². The van der Waals surface area contributed by atoms with Gasteiger partial charge >= 0.3 is 0 Å². The number of nitrogens with zero attached hydrogens (tertiary/aromatic N) is 4. The number of carbonyl (C=O) groups is 1. The summed E-state index contributed by atoms with van der Waals surface area (Å²) in [5, 5.41) is 10.9. The summed E-state index contributed by atoms with van der Waals surface area (Å²) in [6.07, 6.45) is 4.66. The van der Waals surface area contributed by atoms with Gasteiger partial charge in [-0.05, 0) is 18.2 Å². The number of nitro benzene ring substituents is 1. The summed E-state index contributed by atoms with van der Waals surface area (Å²) < 4.78 is 0. The quantitative estimate of drug-likeness (QED) is 0.626. The molecule has 1 aliphatic rings. The molecule has 22 heavy (non-hydrogen) atoms. The second-order valence-corrected chi connectivity index (χ2v) is 4.73. The van der Waals surface area contributed by atoms with Crippen molar-refractivity contribution in [2.45, 2.75) is 0 Å². The van der Waals surface area contributed by atoms with Crippen LogP contribution < -0.4 is 4.90 Å². The maximum atomic E-state index is 12.6. The van der Waals surface area contributed by atoms with Crippen LogP contribution in [-0.4, -0.2) is 35.1 Å². The van der Waals surface area contributed by atoms with Crippen molar-refractivity contribution in [1.29, 1.82) is 0 Å². The zero-order valence-corrected chi connectivity index (χ0v) is 11.5. The van der Waals surface area contributed by atoms with Gasteiger partial charge in [-0.25, -0.2) is 0 Å². The Morgan fingerprint density at radius 2 is 2.18 bits per heavy atom. The van der Waals surface area contributed by atoms with Crippen LogP contribution in [0.25, 0.3) is 0 Å². The van der Waals surface area contributed by atoms with Crippen LogP contribution >= 0.6 is 0 Å². The van der Waals surface area contributed by atoms with Crippen molar-refractivity contribution < 1.29 is 9.72 Å². The third-order valence-electron chi connectivity index (χ3n) is 3.35. The minimum absolute atomic E-state index is 0.0270. The van der Waals surface area contributed by atoms with Crippen LogP contribution in [0.2, 0.25) is 0 Å². The van der Waals surface area contributed by atoms with E-state index in [4.69, 9.17) is 0 Å². The Labute approximate surface area is 126 Å². The number of nitro groups is 1. The number of benzodiazepines with no additional fused rings is 1. The molecule has 0 spiro atoms. The third kappa shape index (κ3) is 2.56. The average molecular weight is 296 g/mol. The monoisotopic (exact) mass is 296 g/mol. The number of fused-ring (bicyclic) bond motifs is 1. The van der Waals surface area contributed by atoms with E-state index in [2.05, 4.69) is 9.98 Å². The largest absolute Gasteiger partial charge is 0.306 e. The lowest BCUT2D eigenvalue weighted by Gasteiger charge is -2.22. The SMILES string of the molecule is O=C(c1cccnc1)N1CCN=Cc2cc([N+](=O)[O-])ccc21. The third-order valence-corrected chi connectivity index (χ3v) is 3.35. The summed E-state index contributed by atoms with van der Waals surface area (Å²) in [6.45, 7) is 0.851. The van der Waals surface area contributed by atoms with Crippen LogP contribution in [0.15, 0.2) is 47.7 Å². The molecular weight excluding hydrogens is 284 g/mol. The average Bonchev–Trinajstić information content (AvgIpc) is 2.76. The van der Waals surface area contributed by atoms with Crippen molar-refractivity contribution in [2.24, 2.45) is 4.99 Å². The van der Waals surface area contributed by atoms with Gasteiger partial charge in [-0.3, -0.25) is 24.9 Å².